The minimum absolute atomic E-state index is 0.271. The smallest absolute Gasteiger partial charge is 0.0132 e. The van der Waals surface area contributed by atoms with Gasteiger partial charge in [0.25, 0.3) is 0 Å². The van der Waals surface area contributed by atoms with E-state index in [0.29, 0.717) is 0 Å². The number of aryl methyl sites for hydroxylation is 1. The summed E-state index contributed by atoms with van der Waals surface area (Å²) >= 11 is 0. The lowest BCUT2D eigenvalue weighted by Gasteiger charge is -2.19. The van der Waals surface area contributed by atoms with Gasteiger partial charge in [0.05, 0.1) is 0 Å². The van der Waals surface area contributed by atoms with Gasteiger partial charge in [-0.3, -0.25) is 0 Å². The minimum atomic E-state index is 0.271. The van der Waals surface area contributed by atoms with Gasteiger partial charge in [-0.25, -0.2) is 0 Å². The van der Waals surface area contributed by atoms with E-state index in [1.807, 2.05) is 0 Å². The Morgan fingerprint density at radius 1 is 0.538 bits per heavy atom. The molecule has 26 heavy (non-hydrogen) atoms. The molecule has 0 N–H and O–H groups in total. The second-order valence-electron chi connectivity index (χ2n) is 9.29. The predicted octanol–water partition coefficient (Wildman–Crippen LogP) is 9.01. The molecule has 0 atom stereocenters. The van der Waals surface area contributed by atoms with E-state index in [0.717, 1.165) is 0 Å². The average molecular weight is 359 g/mol. The average Bonchev–Trinajstić information content (AvgIpc) is 2.61. The van der Waals surface area contributed by atoms with Crippen molar-refractivity contribution in [3.8, 4) is 0 Å². The summed E-state index contributed by atoms with van der Waals surface area (Å²) in [6.45, 7) is 9.16. The minimum Gasteiger partial charge on any atom is -0.0654 e. The molecule has 0 bridgehead atoms. The highest BCUT2D eigenvalue weighted by Gasteiger charge is 2.12. The Bertz CT molecular complexity index is 420. The van der Waals surface area contributed by atoms with Crippen LogP contribution in [-0.4, -0.2) is 0 Å². The molecule has 0 radical (unpaired) electrons. The van der Waals surface area contributed by atoms with Gasteiger partial charge in [-0.05, 0) is 29.4 Å². The highest BCUT2D eigenvalue weighted by Crippen LogP contribution is 2.22. The summed E-state index contributed by atoms with van der Waals surface area (Å²) in [6.07, 6.45) is 21.4. The lowest BCUT2D eigenvalue weighted by atomic mass is 9.86. The van der Waals surface area contributed by atoms with E-state index in [9.17, 15) is 0 Å². The van der Waals surface area contributed by atoms with Crippen molar-refractivity contribution >= 4 is 0 Å². The zero-order chi connectivity index (χ0) is 19.1. The first-order valence-electron chi connectivity index (χ1n) is 11.6. The van der Waals surface area contributed by atoms with Crippen molar-refractivity contribution in [3.05, 3.63) is 35.4 Å². The quantitative estimate of drug-likeness (QED) is 0.274. The van der Waals surface area contributed by atoms with Gasteiger partial charge in [-0.1, -0.05) is 135 Å². The second kappa shape index (κ2) is 14.3. The maximum Gasteiger partial charge on any atom is -0.0132 e. The van der Waals surface area contributed by atoms with Crippen LogP contribution in [0.2, 0.25) is 0 Å². The van der Waals surface area contributed by atoms with Gasteiger partial charge in [-0.15, -0.1) is 0 Å². The van der Waals surface area contributed by atoms with E-state index < -0.39 is 0 Å². The van der Waals surface area contributed by atoms with Crippen molar-refractivity contribution < 1.29 is 0 Å². The van der Waals surface area contributed by atoms with Crippen LogP contribution in [0.15, 0.2) is 24.3 Å². The summed E-state index contributed by atoms with van der Waals surface area (Å²) in [4.78, 5) is 0. The van der Waals surface area contributed by atoms with Gasteiger partial charge in [0.15, 0.2) is 0 Å². The number of benzene rings is 1. The van der Waals surface area contributed by atoms with Crippen LogP contribution < -0.4 is 0 Å². The fraction of sp³-hybridized carbons (Fsp3) is 0.769. The third-order valence-electron chi connectivity index (χ3n) is 5.64. The summed E-state index contributed by atoms with van der Waals surface area (Å²) in [7, 11) is 0. The largest absolute Gasteiger partial charge is 0.0654 e. The maximum atomic E-state index is 2.34. The molecule has 0 spiro atoms. The standard InChI is InChI=1S/C26H46/c1-5-6-7-8-9-10-11-12-13-14-15-16-17-18-19-24-20-22-25(23-21-24)26(2,3)4/h20-23H,5-19H2,1-4H3. The molecule has 0 aromatic heterocycles. The van der Waals surface area contributed by atoms with Gasteiger partial charge in [-0.2, -0.15) is 0 Å². The predicted molar refractivity (Wildman–Crippen MR) is 119 cm³/mol. The van der Waals surface area contributed by atoms with Crippen LogP contribution >= 0.6 is 0 Å². The highest BCUT2D eigenvalue weighted by atomic mass is 14.2. The molecule has 0 nitrogen and oxygen atoms in total. The van der Waals surface area contributed by atoms with Crippen molar-refractivity contribution in [2.45, 2.75) is 129 Å². The van der Waals surface area contributed by atoms with E-state index in [4.69, 9.17) is 0 Å². The van der Waals surface area contributed by atoms with Crippen molar-refractivity contribution in [1.29, 1.82) is 0 Å². The van der Waals surface area contributed by atoms with Crippen LogP contribution in [0, 0.1) is 0 Å². The number of hydrogen-bond acceptors (Lipinski definition) is 0. The third kappa shape index (κ3) is 11.8. The molecular weight excluding hydrogens is 312 g/mol. The molecule has 0 heterocycles. The molecule has 0 saturated carbocycles. The van der Waals surface area contributed by atoms with E-state index in [1.54, 1.807) is 0 Å². The van der Waals surface area contributed by atoms with Crippen molar-refractivity contribution in [2.24, 2.45) is 0 Å². The molecule has 0 amide bonds. The Hall–Kier alpha value is -0.780. The molecule has 0 unspecified atom stereocenters. The molecule has 0 saturated heterocycles. The molecule has 0 fully saturated rings. The van der Waals surface area contributed by atoms with Crippen LogP contribution in [0.5, 0.6) is 0 Å². The van der Waals surface area contributed by atoms with E-state index in [1.165, 1.54) is 107 Å². The van der Waals surface area contributed by atoms with Gasteiger partial charge >= 0.3 is 0 Å². The lowest BCUT2D eigenvalue weighted by Crippen LogP contribution is -2.10. The van der Waals surface area contributed by atoms with Crippen molar-refractivity contribution in [2.75, 3.05) is 0 Å². The molecule has 150 valence electrons. The first kappa shape index (κ1) is 23.3. The highest BCUT2D eigenvalue weighted by molar-refractivity contribution is 5.27. The van der Waals surface area contributed by atoms with Gasteiger partial charge in [0, 0.05) is 0 Å². The Balaban J connectivity index is 1.89. The van der Waals surface area contributed by atoms with Crippen LogP contribution in [0.1, 0.15) is 129 Å². The normalized spacial score (nSPS) is 11.8. The monoisotopic (exact) mass is 358 g/mol. The molecular formula is C26H46. The van der Waals surface area contributed by atoms with Crippen molar-refractivity contribution in [1.82, 2.24) is 0 Å². The number of hydrogen-bond donors (Lipinski definition) is 0. The molecule has 0 heteroatoms. The summed E-state index contributed by atoms with van der Waals surface area (Å²) in [5, 5.41) is 0. The fourth-order valence-corrected chi connectivity index (χ4v) is 3.70. The summed E-state index contributed by atoms with van der Waals surface area (Å²) < 4.78 is 0. The molecule has 1 aromatic carbocycles. The molecule has 0 aliphatic rings. The van der Waals surface area contributed by atoms with E-state index in [2.05, 4.69) is 52.0 Å². The molecule has 1 aromatic rings. The molecule has 0 aliphatic carbocycles. The van der Waals surface area contributed by atoms with Gasteiger partial charge in [0.1, 0.15) is 0 Å². The van der Waals surface area contributed by atoms with Crippen LogP contribution in [0.3, 0.4) is 0 Å². The van der Waals surface area contributed by atoms with Crippen LogP contribution in [-0.2, 0) is 11.8 Å². The maximum absolute atomic E-state index is 2.34. The van der Waals surface area contributed by atoms with Gasteiger partial charge < -0.3 is 0 Å². The zero-order valence-corrected chi connectivity index (χ0v) is 18.4. The van der Waals surface area contributed by atoms with Crippen LogP contribution in [0.4, 0.5) is 0 Å². The zero-order valence-electron chi connectivity index (χ0n) is 18.4. The number of unbranched alkanes of at least 4 members (excludes halogenated alkanes) is 13. The Morgan fingerprint density at radius 3 is 1.31 bits per heavy atom. The first-order chi connectivity index (χ1) is 12.5. The van der Waals surface area contributed by atoms with Gasteiger partial charge in [0.2, 0.25) is 0 Å². The summed E-state index contributed by atoms with van der Waals surface area (Å²) in [5.74, 6) is 0. The third-order valence-corrected chi connectivity index (χ3v) is 5.64. The number of rotatable bonds is 15. The fourth-order valence-electron chi connectivity index (χ4n) is 3.70. The van der Waals surface area contributed by atoms with Crippen LogP contribution in [0.25, 0.3) is 0 Å². The van der Waals surface area contributed by atoms with E-state index in [-0.39, 0.29) is 5.41 Å². The Labute approximate surface area is 165 Å². The molecule has 1 rings (SSSR count). The lowest BCUT2D eigenvalue weighted by molar-refractivity contribution is 0.535. The first-order valence-corrected chi connectivity index (χ1v) is 11.6. The second-order valence-corrected chi connectivity index (χ2v) is 9.29. The summed E-state index contributed by atoms with van der Waals surface area (Å²) in [5.41, 5.74) is 3.23. The topological polar surface area (TPSA) is 0 Å². The SMILES string of the molecule is CCCCCCCCCCCCCCCCc1ccc(C(C)(C)C)cc1. The van der Waals surface area contributed by atoms with E-state index >= 15 is 0 Å². The Kier molecular flexibility index (Phi) is 12.8. The Morgan fingerprint density at radius 2 is 0.923 bits per heavy atom. The summed E-state index contributed by atoms with van der Waals surface area (Å²) in [6, 6.07) is 9.31. The van der Waals surface area contributed by atoms with Crippen molar-refractivity contribution in [3.63, 3.8) is 0 Å². The molecule has 0 aliphatic heterocycles.